The van der Waals surface area contributed by atoms with E-state index in [4.69, 9.17) is 4.74 Å². The number of carbonyl (C=O) groups excluding carboxylic acids is 2. The van der Waals surface area contributed by atoms with Crippen molar-refractivity contribution in [1.82, 2.24) is 5.32 Å². The smallest absolute Gasteiger partial charge is 0.324 e. The van der Waals surface area contributed by atoms with Crippen LogP contribution < -0.4 is 5.32 Å². The Bertz CT molecular complexity index is 1410. The molecule has 202 valence electrons. The van der Waals surface area contributed by atoms with Gasteiger partial charge in [0.25, 0.3) is 0 Å². The van der Waals surface area contributed by atoms with E-state index >= 15 is 0 Å². The van der Waals surface area contributed by atoms with Gasteiger partial charge in [-0.1, -0.05) is 78.9 Å². The molecular formula is C34H37NO3S. The number of Topliss-reactive ketones (excluding diaryl/α,β-unsaturated/α-hetero) is 1. The summed E-state index contributed by atoms with van der Waals surface area (Å²) in [6.07, 6.45) is 2.06. The van der Waals surface area contributed by atoms with Gasteiger partial charge in [-0.25, -0.2) is 0 Å². The van der Waals surface area contributed by atoms with Gasteiger partial charge in [0.15, 0.2) is 5.78 Å². The van der Waals surface area contributed by atoms with Crippen molar-refractivity contribution in [2.45, 2.75) is 58.2 Å². The molecule has 1 spiro atoms. The Balaban J connectivity index is 1.72. The summed E-state index contributed by atoms with van der Waals surface area (Å²) in [5, 5.41) is 3.66. The lowest BCUT2D eigenvalue weighted by molar-refractivity contribution is -0.157. The van der Waals surface area contributed by atoms with Gasteiger partial charge in [0.2, 0.25) is 0 Å². The second-order valence-corrected chi connectivity index (χ2v) is 12.7. The molecule has 2 aliphatic heterocycles. The minimum absolute atomic E-state index is 0.116. The van der Waals surface area contributed by atoms with Crippen LogP contribution in [-0.4, -0.2) is 34.9 Å². The third-order valence-corrected chi connectivity index (χ3v) is 9.09. The Morgan fingerprint density at radius 1 is 0.949 bits per heavy atom. The molecule has 1 N–H and O–H groups in total. The van der Waals surface area contributed by atoms with Gasteiger partial charge in [0.1, 0.15) is 11.6 Å². The van der Waals surface area contributed by atoms with Gasteiger partial charge < -0.3 is 4.74 Å². The van der Waals surface area contributed by atoms with Gasteiger partial charge in [-0.05, 0) is 68.5 Å². The lowest BCUT2D eigenvalue weighted by Gasteiger charge is -2.42. The Labute approximate surface area is 236 Å². The topological polar surface area (TPSA) is 55.4 Å². The first-order valence-electron chi connectivity index (χ1n) is 13.6. The predicted octanol–water partition coefficient (Wildman–Crippen LogP) is 6.83. The van der Waals surface area contributed by atoms with Crippen LogP contribution in [0.3, 0.4) is 0 Å². The predicted molar refractivity (Wildman–Crippen MR) is 160 cm³/mol. The number of hydrogen-bond donors (Lipinski definition) is 1. The van der Waals surface area contributed by atoms with E-state index in [1.165, 1.54) is 0 Å². The zero-order chi connectivity index (χ0) is 27.8. The summed E-state index contributed by atoms with van der Waals surface area (Å²) in [6, 6.07) is 25.4. The van der Waals surface area contributed by atoms with Crippen LogP contribution in [0.25, 0.3) is 6.08 Å². The van der Waals surface area contributed by atoms with Crippen molar-refractivity contribution in [1.29, 1.82) is 0 Å². The SMILES string of the molecule is Cc1ccccc1/C=C1\CSCC2(C1=O)C(c1ccccc1)NC(C(=O)OC(C)(C)C)C2c1ccccc1C. The monoisotopic (exact) mass is 539 g/mol. The highest BCUT2D eigenvalue weighted by molar-refractivity contribution is 7.99. The van der Waals surface area contributed by atoms with Crippen molar-refractivity contribution in [3.05, 3.63) is 112 Å². The van der Waals surface area contributed by atoms with Gasteiger partial charge in [-0.3, -0.25) is 14.9 Å². The van der Waals surface area contributed by atoms with Crippen LogP contribution in [0.2, 0.25) is 0 Å². The fraction of sp³-hybridized carbons (Fsp3) is 0.353. The van der Waals surface area contributed by atoms with Crippen molar-refractivity contribution in [2.24, 2.45) is 5.41 Å². The zero-order valence-electron chi connectivity index (χ0n) is 23.4. The normalized spacial score (nSPS) is 26.2. The number of thioether (sulfide) groups is 1. The van der Waals surface area contributed by atoms with E-state index in [-0.39, 0.29) is 23.7 Å². The molecule has 4 nitrogen and oxygen atoms in total. The van der Waals surface area contributed by atoms with Gasteiger partial charge in [-0.2, -0.15) is 11.8 Å². The largest absolute Gasteiger partial charge is 0.459 e. The number of rotatable bonds is 4. The van der Waals surface area contributed by atoms with Crippen LogP contribution >= 0.6 is 11.8 Å². The van der Waals surface area contributed by atoms with E-state index in [2.05, 4.69) is 61.6 Å². The number of nitrogens with one attached hydrogen (secondary N) is 1. The van der Waals surface area contributed by atoms with Crippen LogP contribution in [0.5, 0.6) is 0 Å². The maximum atomic E-state index is 14.9. The molecule has 0 aliphatic carbocycles. The number of esters is 1. The van der Waals surface area contributed by atoms with Crippen LogP contribution in [0.1, 0.15) is 60.5 Å². The lowest BCUT2D eigenvalue weighted by atomic mass is 9.63. The average Bonchev–Trinajstić information content (AvgIpc) is 3.23. The highest BCUT2D eigenvalue weighted by atomic mass is 32.2. The maximum absolute atomic E-state index is 14.9. The molecule has 4 unspecified atom stereocenters. The maximum Gasteiger partial charge on any atom is 0.324 e. The van der Waals surface area contributed by atoms with Crippen LogP contribution in [0.4, 0.5) is 0 Å². The molecule has 5 rings (SSSR count). The molecule has 4 atom stereocenters. The van der Waals surface area contributed by atoms with Crippen LogP contribution in [-0.2, 0) is 14.3 Å². The molecule has 2 saturated heterocycles. The molecule has 5 heteroatoms. The molecular weight excluding hydrogens is 502 g/mol. The van der Waals surface area contributed by atoms with Gasteiger partial charge in [0.05, 0.1) is 5.41 Å². The molecule has 39 heavy (non-hydrogen) atoms. The molecule has 3 aromatic rings. The number of benzene rings is 3. The Kier molecular flexibility index (Phi) is 7.58. The summed E-state index contributed by atoms with van der Waals surface area (Å²) in [5.74, 6) is 0.668. The average molecular weight is 540 g/mol. The molecule has 0 amide bonds. The number of aryl methyl sites for hydroxylation is 2. The van der Waals surface area contributed by atoms with E-state index < -0.39 is 17.1 Å². The number of carbonyl (C=O) groups is 2. The van der Waals surface area contributed by atoms with Crippen LogP contribution in [0, 0.1) is 19.3 Å². The fourth-order valence-electron chi connectivity index (χ4n) is 6.15. The third-order valence-electron chi connectivity index (χ3n) is 7.90. The highest BCUT2D eigenvalue weighted by Crippen LogP contribution is 2.58. The van der Waals surface area contributed by atoms with Gasteiger partial charge >= 0.3 is 5.97 Å². The first kappa shape index (κ1) is 27.4. The summed E-state index contributed by atoms with van der Waals surface area (Å²) in [6.45, 7) is 9.80. The fourth-order valence-corrected chi connectivity index (χ4v) is 7.50. The molecule has 0 saturated carbocycles. The molecule has 2 fully saturated rings. The number of ketones is 1. The van der Waals surface area contributed by atoms with E-state index in [1.807, 2.05) is 63.2 Å². The zero-order valence-corrected chi connectivity index (χ0v) is 24.2. The Hall–Kier alpha value is -3.15. The second-order valence-electron chi connectivity index (χ2n) is 11.7. The lowest BCUT2D eigenvalue weighted by Crippen LogP contribution is -2.47. The van der Waals surface area contributed by atoms with E-state index in [0.29, 0.717) is 11.5 Å². The summed E-state index contributed by atoms with van der Waals surface area (Å²) in [7, 11) is 0. The van der Waals surface area contributed by atoms with E-state index in [9.17, 15) is 9.59 Å². The molecule has 2 heterocycles. The summed E-state index contributed by atoms with van der Waals surface area (Å²) in [4.78, 5) is 28.8. The molecule has 0 bridgehead atoms. The first-order valence-corrected chi connectivity index (χ1v) is 14.8. The second kappa shape index (κ2) is 10.8. The molecule has 0 aromatic heterocycles. The van der Waals surface area contributed by atoms with Crippen molar-refractivity contribution in [3.8, 4) is 0 Å². The summed E-state index contributed by atoms with van der Waals surface area (Å²) < 4.78 is 5.97. The van der Waals surface area contributed by atoms with Crippen LogP contribution in [0.15, 0.2) is 84.4 Å². The van der Waals surface area contributed by atoms with Gasteiger partial charge in [0, 0.05) is 29.0 Å². The summed E-state index contributed by atoms with van der Waals surface area (Å²) >= 11 is 1.78. The van der Waals surface area contributed by atoms with E-state index in [1.54, 1.807) is 11.8 Å². The molecule has 0 radical (unpaired) electrons. The van der Waals surface area contributed by atoms with Crippen molar-refractivity contribution in [3.63, 3.8) is 0 Å². The molecule has 2 aliphatic rings. The minimum Gasteiger partial charge on any atom is -0.459 e. The standard InChI is InChI=1S/C34H37NO3S/c1-22-13-9-11-17-25(22)19-26-20-39-21-34(31(26)36)28(27-18-12-10-14-23(27)2)29(32(37)38-33(3,4)5)35-30(34)24-15-7-6-8-16-24/h6-19,28-30,35H,20-21H2,1-5H3/b26-19+. The van der Waals surface area contributed by atoms with Crippen molar-refractivity contribution >= 4 is 29.6 Å². The number of hydrogen-bond acceptors (Lipinski definition) is 5. The third kappa shape index (κ3) is 5.22. The minimum atomic E-state index is -0.869. The Morgan fingerprint density at radius 3 is 2.26 bits per heavy atom. The number of ether oxygens (including phenoxy) is 1. The summed E-state index contributed by atoms with van der Waals surface area (Å²) in [5.41, 5.74) is 4.57. The first-order chi connectivity index (χ1) is 18.6. The quantitative estimate of drug-likeness (QED) is 0.291. The van der Waals surface area contributed by atoms with Crippen molar-refractivity contribution in [2.75, 3.05) is 11.5 Å². The van der Waals surface area contributed by atoms with Gasteiger partial charge in [-0.15, -0.1) is 0 Å². The highest BCUT2D eigenvalue weighted by Gasteiger charge is 2.63. The van der Waals surface area contributed by atoms with E-state index in [0.717, 1.165) is 33.4 Å². The Morgan fingerprint density at radius 2 is 1.59 bits per heavy atom. The molecule has 3 aromatic carbocycles. The van der Waals surface area contributed by atoms with Crippen molar-refractivity contribution < 1.29 is 14.3 Å².